The number of nitro benzene ring substituents is 1. The van der Waals surface area contributed by atoms with E-state index in [4.69, 9.17) is 11.6 Å². The highest BCUT2D eigenvalue weighted by atomic mass is 35.5. The molecule has 0 saturated carbocycles. The predicted molar refractivity (Wildman–Crippen MR) is 111 cm³/mol. The van der Waals surface area contributed by atoms with Gasteiger partial charge in [-0.3, -0.25) is 19.8 Å². The minimum atomic E-state index is -0.682. The number of imidazole rings is 1. The first kappa shape index (κ1) is 20.3. The average molecular weight is 430 g/mol. The lowest BCUT2D eigenvalue weighted by Crippen LogP contribution is -2.42. The van der Waals surface area contributed by atoms with E-state index in [1.165, 1.54) is 6.07 Å². The van der Waals surface area contributed by atoms with Gasteiger partial charge in [-0.2, -0.15) is 0 Å². The van der Waals surface area contributed by atoms with Crippen molar-refractivity contribution in [2.24, 2.45) is 0 Å². The lowest BCUT2D eigenvalue weighted by Gasteiger charge is -2.23. The van der Waals surface area contributed by atoms with Crippen molar-refractivity contribution in [3.05, 3.63) is 69.0 Å². The summed E-state index contributed by atoms with van der Waals surface area (Å²) in [5, 5.41) is 24.6. The highest BCUT2D eigenvalue weighted by Gasteiger charge is 2.36. The summed E-state index contributed by atoms with van der Waals surface area (Å²) in [7, 11) is 0. The van der Waals surface area contributed by atoms with E-state index in [0.717, 1.165) is 11.0 Å². The van der Waals surface area contributed by atoms with Gasteiger partial charge in [-0.25, -0.2) is 4.98 Å². The third-order valence-electron chi connectivity index (χ3n) is 5.17. The molecule has 9 nitrogen and oxygen atoms in total. The van der Waals surface area contributed by atoms with Crippen LogP contribution in [-0.2, 0) is 17.9 Å². The zero-order valence-corrected chi connectivity index (χ0v) is 16.7. The van der Waals surface area contributed by atoms with Gasteiger partial charge in [-0.05, 0) is 30.7 Å². The number of likely N-dealkylation sites (tertiary alicyclic amines) is 1. The van der Waals surface area contributed by atoms with Crippen LogP contribution in [0.25, 0.3) is 11.0 Å². The van der Waals surface area contributed by atoms with Gasteiger partial charge in [-0.15, -0.1) is 0 Å². The molecular weight excluding hydrogens is 410 g/mol. The van der Waals surface area contributed by atoms with Gasteiger partial charge in [0.15, 0.2) is 0 Å². The second-order valence-corrected chi connectivity index (χ2v) is 7.72. The Balaban J connectivity index is 1.46. The number of hydrogen-bond acceptors (Lipinski definition) is 6. The standard InChI is InChI=1S/C20H20ClN5O4/c21-13-6-5-12(17(7-13)26(29)30)10-25-11-14(27)8-18(25)20(28)22-9-19-23-15-3-1-2-4-16(15)24-19/h1-7,14,18,27H,8-11H2,(H,22,28)(H,23,24)/t14-,18+/m1/s1. The molecule has 4 rings (SSSR count). The second-order valence-electron chi connectivity index (χ2n) is 7.28. The van der Waals surface area contributed by atoms with Crippen molar-refractivity contribution in [1.29, 1.82) is 0 Å². The number of nitro groups is 1. The largest absolute Gasteiger partial charge is 0.392 e. The molecule has 156 valence electrons. The van der Waals surface area contributed by atoms with Crippen molar-refractivity contribution >= 4 is 34.2 Å². The summed E-state index contributed by atoms with van der Waals surface area (Å²) in [4.78, 5) is 33.0. The molecule has 3 aromatic rings. The number of halogens is 1. The van der Waals surface area contributed by atoms with Crippen LogP contribution in [0.1, 0.15) is 17.8 Å². The number of H-pyrrole nitrogens is 1. The van der Waals surface area contributed by atoms with Crippen LogP contribution in [0.4, 0.5) is 5.69 Å². The molecule has 0 radical (unpaired) electrons. The molecule has 2 heterocycles. The minimum absolute atomic E-state index is 0.106. The summed E-state index contributed by atoms with van der Waals surface area (Å²) in [6, 6.07) is 11.4. The monoisotopic (exact) mass is 429 g/mol. The molecule has 0 unspecified atom stereocenters. The van der Waals surface area contributed by atoms with Crippen LogP contribution < -0.4 is 5.32 Å². The number of amides is 1. The third kappa shape index (κ3) is 4.28. The Kier molecular flexibility index (Phi) is 5.67. The zero-order chi connectivity index (χ0) is 21.3. The lowest BCUT2D eigenvalue weighted by atomic mass is 10.1. The number of aromatic amines is 1. The molecule has 0 aliphatic carbocycles. The lowest BCUT2D eigenvalue weighted by molar-refractivity contribution is -0.385. The van der Waals surface area contributed by atoms with Crippen LogP contribution in [0.5, 0.6) is 0 Å². The van der Waals surface area contributed by atoms with Gasteiger partial charge < -0.3 is 15.4 Å². The maximum atomic E-state index is 12.8. The number of aromatic nitrogens is 2. The summed E-state index contributed by atoms with van der Waals surface area (Å²) < 4.78 is 0. The minimum Gasteiger partial charge on any atom is -0.392 e. The predicted octanol–water partition coefficient (Wildman–Crippen LogP) is 2.38. The molecule has 1 aliphatic heterocycles. The molecule has 1 aromatic heterocycles. The summed E-state index contributed by atoms with van der Waals surface area (Å²) in [5.41, 5.74) is 2.03. The Bertz CT molecular complexity index is 1070. The number of aliphatic hydroxyl groups excluding tert-OH is 1. The number of carbonyl (C=O) groups is 1. The van der Waals surface area contributed by atoms with Crippen LogP contribution in [0, 0.1) is 10.1 Å². The number of para-hydroxylation sites is 2. The normalized spacial score (nSPS) is 19.3. The number of aliphatic hydroxyl groups is 1. The number of nitrogens with one attached hydrogen (secondary N) is 2. The number of carbonyl (C=O) groups excluding carboxylic acids is 1. The van der Waals surface area contributed by atoms with E-state index in [1.54, 1.807) is 17.0 Å². The first-order valence-corrected chi connectivity index (χ1v) is 9.85. The number of benzene rings is 2. The molecule has 1 fully saturated rings. The summed E-state index contributed by atoms with van der Waals surface area (Å²) >= 11 is 5.88. The van der Waals surface area contributed by atoms with Gasteiger partial charge in [0.25, 0.3) is 5.69 Å². The molecular formula is C20H20ClN5O4. The SMILES string of the molecule is O=C(NCc1nc2ccccc2[nH]1)[C@@H]1C[C@@H](O)CN1Cc1ccc(Cl)cc1[N+](=O)[O-]. The zero-order valence-electron chi connectivity index (χ0n) is 15.9. The molecule has 1 aliphatic rings. The van der Waals surface area contributed by atoms with E-state index in [-0.39, 0.29) is 42.7 Å². The van der Waals surface area contributed by atoms with Crippen LogP contribution in [0.15, 0.2) is 42.5 Å². The molecule has 2 aromatic carbocycles. The van der Waals surface area contributed by atoms with Crippen molar-refractivity contribution in [3.8, 4) is 0 Å². The maximum Gasteiger partial charge on any atom is 0.275 e. The number of hydrogen-bond donors (Lipinski definition) is 3. The Hall–Kier alpha value is -3.01. The number of β-amino-alcohol motifs (C(OH)–C–C–N with tert-alkyl or cyclic N) is 1. The quantitative estimate of drug-likeness (QED) is 0.408. The molecule has 1 saturated heterocycles. The topological polar surface area (TPSA) is 124 Å². The highest BCUT2D eigenvalue weighted by Crippen LogP contribution is 2.28. The smallest absolute Gasteiger partial charge is 0.275 e. The molecule has 30 heavy (non-hydrogen) atoms. The number of nitrogens with zero attached hydrogens (tertiary/aromatic N) is 3. The fourth-order valence-corrected chi connectivity index (χ4v) is 3.93. The first-order chi connectivity index (χ1) is 14.4. The Morgan fingerprint density at radius 1 is 1.37 bits per heavy atom. The van der Waals surface area contributed by atoms with Gasteiger partial charge in [0.2, 0.25) is 5.91 Å². The van der Waals surface area contributed by atoms with Crippen LogP contribution in [0.2, 0.25) is 5.02 Å². The molecule has 0 bridgehead atoms. The third-order valence-corrected chi connectivity index (χ3v) is 5.41. The van der Waals surface area contributed by atoms with Crippen molar-refractivity contribution in [3.63, 3.8) is 0 Å². The van der Waals surface area contributed by atoms with Crippen molar-refractivity contribution in [1.82, 2.24) is 20.2 Å². The molecule has 0 spiro atoms. The number of fused-ring (bicyclic) bond motifs is 1. The molecule has 2 atom stereocenters. The van der Waals surface area contributed by atoms with Gasteiger partial charge >= 0.3 is 0 Å². The maximum absolute atomic E-state index is 12.8. The van der Waals surface area contributed by atoms with E-state index >= 15 is 0 Å². The average Bonchev–Trinajstić information content (AvgIpc) is 3.30. The van der Waals surface area contributed by atoms with E-state index < -0.39 is 17.1 Å². The van der Waals surface area contributed by atoms with Crippen LogP contribution in [-0.4, -0.2) is 49.5 Å². The second kappa shape index (κ2) is 8.39. The molecule has 3 N–H and O–H groups in total. The van der Waals surface area contributed by atoms with E-state index in [1.807, 2.05) is 24.3 Å². The Labute approximate surface area is 176 Å². The van der Waals surface area contributed by atoms with E-state index in [0.29, 0.717) is 11.4 Å². The van der Waals surface area contributed by atoms with E-state index in [2.05, 4.69) is 15.3 Å². The summed E-state index contributed by atoms with van der Waals surface area (Å²) in [6.45, 7) is 0.630. The van der Waals surface area contributed by atoms with Crippen molar-refractivity contribution < 1.29 is 14.8 Å². The summed E-state index contributed by atoms with van der Waals surface area (Å²) in [5.74, 6) is 0.367. The Morgan fingerprint density at radius 2 is 2.17 bits per heavy atom. The van der Waals surface area contributed by atoms with Gasteiger partial charge in [0.1, 0.15) is 5.82 Å². The van der Waals surface area contributed by atoms with Gasteiger partial charge in [-0.1, -0.05) is 23.7 Å². The number of rotatable bonds is 6. The van der Waals surface area contributed by atoms with Crippen LogP contribution >= 0.6 is 11.6 Å². The van der Waals surface area contributed by atoms with Gasteiger partial charge in [0, 0.05) is 29.7 Å². The summed E-state index contributed by atoms with van der Waals surface area (Å²) in [6.07, 6.45) is -0.425. The van der Waals surface area contributed by atoms with Crippen molar-refractivity contribution in [2.45, 2.75) is 31.7 Å². The fraction of sp³-hybridized carbons (Fsp3) is 0.300. The fourth-order valence-electron chi connectivity index (χ4n) is 3.76. The molecule has 10 heteroatoms. The van der Waals surface area contributed by atoms with Crippen LogP contribution in [0.3, 0.4) is 0 Å². The van der Waals surface area contributed by atoms with E-state index in [9.17, 15) is 20.0 Å². The Morgan fingerprint density at radius 3 is 2.93 bits per heavy atom. The highest BCUT2D eigenvalue weighted by molar-refractivity contribution is 6.30. The van der Waals surface area contributed by atoms with Crippen molar-refractivity contribution in [2.75, 3.05) is 6.54 Å². The van der Waals surface area contributed by atoms with Gasteiger partial charge in [0.05, 0.1) is 34.6 Å². The molecule has 1 amide bonds. The first-order valence-electron chi connectivity index (χ1n) is 9.47.